The van der Waals surface area contributed by atoms with E-state index in [1.807, 2.05) is 24.3 Å². The SMILES string of the molecule is Cl.O=C(c1ccc(OCCCN2CCCCC2)cc1)N1Cc2ccc(F)cc2C1. The van der Waals surface area contributed by atoms with E-state index >= 15 is 0 Å². The van der Waals surface area contributed by atoms with E-state index in [9.17, 15) is 9.18 Å². The summed E-state index contributed by atoms with van der Waals surface area (Å²) in [5.74, 6) is 0.505. The van der Waals surface area contributed by atoms with Crippen LogP contribution in [0, 0.1) is 5.82 Å². The fourth-order valence-corrected chi connectivity index (χ4v) is 4.04. The summed E-state index contributed by atoms with van der Waals surface area (Å²) in [4.78, 5) is 17.0. The lowest BCUT2D eigenvalue weighted by atomic mass is 10.1. The normalized spacial score (nSPS) is 16.2. The Kier molecular flexibility index (Phi) is 7.51. The average Bonchev–Trinajstić information content (AvgIpc) is 3.15. The van der Waals surface area contributed by atoms with Gasteiger partial charge < -0.3 is 14.5 Å². The summed E-state index contributed by atoms with van der Waals surface area (Å²) in [5.41, 5.74) is 2.54. The van der Waals surface area contributed by atoms with Crippen molar-refractivity contribution in [1.29, 1.82) is 0 Å². The summed E-state index contributed by atoms with van der Waals surface area (Å²) in [7, 11) is 0. The highest BCUT2D eigenvalue weighted by Crippen LogP contribution is 2.25. The van der Waals surface area contributed by atoms with Crippen LogP contribution in [0.1, 0.15) is 47.2 Å². The van der Waals surface area contributed by atoms with Crippen LogP contribution in [0.3, 0.4) is 0 Å². The van der Waals surface area contributed by atoms with Crippen molar-refractivity contribution in [1.82, 2.24) is 9.80 Å². The number of piperidine rings is 1. The average molecular weight is 419 g/mol. The van der Waals surface area contributed by atoms with Crippen molar-refractivity contribution in [2.45, 2.75) is 38.8 Å². The van der Waals surface area contributed by atoms with Gasteiger partial charge in [-0.25, -0.2) is 4.39 Å². The highest BCUT2D eigenvalue weighted by Gasteiger charge is 2.24. The molecule has 0 bridgehead atoms. The van der Waals surface area contributed by atoms with Crippen LogP contribution < -0.4 is 4.74 Å². The Balaban J connectivity index is 0.00000240. The molecule has 2 heterocycles. The molecule has 2 aromatic rings. The molecule has 4 nitrogen and oxygen atoms in total. The van der Waals surface area contributed by atoms with Crippen molar-refractivity contribution in [3.05, 3.63) is 65.0 Å². The lowest BCUT2D eigenvalue weighted by Gasteiger charge is -2.26. The summed E-state index contributed by atoms with van der Waals surface area (Å²) in [6.45, 7) is 5.20. The van der Waals surface area contributed by atoms with Crippen LogP contribution in [0.25, 0.3) is 0 Å². The third kappa shape index (κ3) is 5.49. The number of ether oxygens (including phenoxy) is 1. The fraction of sp³-hybridized carbons (Fsp3) is 0.435. The number of hydrogen-bond acceptors (Lipinski definition) is 3. The van der Waals surface area contributed by atoms with Crippen LogP contribution in [-0.2, 0) is 13.1 Å². The first-order valence-corrected chi connectivity index (χ1v) is 10.2. The molecule has 0 aromatic heterocycles. The molecule has 0 saturated carbocycles. The third-order valence-corrected chi connectivity index (χ3v) is 5.62. The first kappa shape index (κ1) is 21.6. The predicted octanol–water partition coefficient (Wildman–Crippen LogP) is 4.66. The van der Waals surface area contributed by atoms with Gasteiger partial charge in [0.05, 0.1) is 6.61 Å². The topological polar surface area (TPSA) is 32.8 Å². The molecule has 2 aliphatic rings. The van der Waals surface area contributed by atoms with E-state index in [1.54, 1.807) is 11.0 Å². The largest absolute Gasteiger partial charge is 0.494 e. The highest BCUT2D eigenvalue weighted by atomic mass is 35.5. The van der Waals surface area contributed by atoms with E-state index in [-0.39, 0.29) is 24.1 Å². The minimum atomic E-state index is -0.255. The summed E-state index contributed by atoms with van der Waals surface area (Å²) in [5, 5.41) is 0. The quantitative estimate of drug-likeness (QED) is 0.640. The maximum absolute atomic E-state index is 13.4. The van der Waals surface area contributed by atoms with Gasteiger partial charge in [-0.15, -0.1) is 12.4 Å². The summed E-state index contributed by atoms with van der Waals surface area (Å²) in [6, 6.07) is 12.1. The number of benzene rings is 2. The van der Waals surface area contributed by atoms with Gasteiger partial charge in [-0.1, -0.05) is 12.5 Å². The van der Waals surface area contributed by atoms with Gasteiger partial charge in [-0.2, -0.15) is 0 Å². The summed E-state index contributed by atoms with van der Waals surface area (Å²) >= 11 is 0. The lowest BCUT2D eigenvalue weighted by molar-refractivity contribution is 0.0751. The number of amides is 1. The molecule has 0 atom stereocenters. The van der Waals surface area contributed by atoms with Crippen molar-refractivity contribution in [3.8, 4) is 5.75 Å². The molecule has 1 saturated heterocycles. The molecule has 0 radical (unpaired) electrons. The molecule has 29 heavy (non-hydrogen) atoms. The highest BCUT2D eigenvalue weighted by molar-refractivity contribution is 5.94. The van der Waals surface area contributed by atoms with Gasteiger partial charge in [-0.3, -0.25) is 4.79 Å². The zero-order valence-corrected chi connectivity index (χ0v) is 17.4. The van der Waals surface area contributed by atoms with E-state index in [2.05, 4.69) is 4.90 Å². The van der Waals surface area contributed by atoms with Crippen molar-refractivity contribution < 1.29 is 13.9 Å². The number of halogens is 2. The lowest BCUT2D eigenvalue weighted by Crippen LogP contribution is -2.31. The monoisotopic (exact) mass is 418 g/mol. The molecule has 4 rings (SSSR count). The second-order valence-corrected chi connectivity index (χ2v) is 7.70. The van der Waals surface area contributed by atoms with E-state index < -0.39 is 0 Å². The van der Waals surface area contributed by atoms with E-state index in [0.29, 0.717) is 25.3 Å². The number of rotatable bonds is 6. The minimum absolute atomic E-state index is 0. The van der Waals surface area contributed by atoms with Gasteiger partial charge in [-0.05, 0) is 79.9 Å². The maximum Gasteiger partial charge on any atom is 0.254 e. The van der Waals surface area contributed by atoms with Gasteiger partial charge in [0.2, 0.25) is 0 Å². The van der Waals surface area contributed by atoms with Crippen molar-refractivity contribution >= 4 is 18.3 Å². The van der Waals surface area contributed by atoms with E-state index in [1.165, 1.54) is 44.5 Å². The Labute approximate surface area is 178 Å². The number of nitrogens with zero attached hydrogens (tertiary/aromatic N) is 2. The Morgan fingerprint density at radius 1 is 0.966 bits per heavy atom. The molecule has 6 heteroatoms. The molecule has 0 spiro atoms. The molecule has 2 aliphatic heterocycles. The van der Waals surface area contributed by atoms with Crippen molar-refractivity contribution in [2.24, 2.45) is 0 Å². The van der Waals surface area contributed by atoms with Crippen molar-refractivity contribution in [2.75, 3.05) is 26.2 Å². The van der Waals surface area contributed by atoms with E-state index in [4.69, 9.17) is 4.74 Å². The first-order chi connectivity index (χ1) is 13.7. The minimum Gasteiger partial charge on any atom is -0.494 e. The number of carbonyl (C=O) groups excluding carboxylic acids is 1. The zero-order valence-electron chi connectivity index (χ0n) is 16.6. The second-order valence-electron chi connectivity index (χ2n) is 7.70. The molecule has 1 fully saturated rings. The Bertz CT molecular complexity index is 822. The van der Waals surface area contributed by atoms with Crippen LogP contribution in [0.15, 0.2) is 42.5 Å². The molecular weight excluding hydrogens is 391 g/mol. The third-order valence-electron chi connectivity index (χ3n) is 5.62. The first-order valence-electron chi connectivity index (χ1n) is 10.2. The molecule has 0 N–H and O–H groups in total. The smallest absolute Gasteiger partial charge is 0.254 e. The number of likely N-dealkylation sites (tertiary alicyclic amines) is 1. The van der Waals surface area contributed by atoms with Gasteiger partial charge in [0.15, 0.2) is 0 Å². The van der Waals surface area contributed by atoms with Gasteiger partial charge in [0.1, 0.15) is 11.6 Å². The van der Waals surface area contributed by atoms with Crippen LogP contribution in [0.2, 0.25) is 0 Å². The summed E-state index contributed by atoms with van der Waals surface area (Å²) < 4.78 is 19.2. The zero-order chi connectivity index (χ0) is 19.3. The fourth-order valence-electron chi connectivity index (χ4n) is 4.04. The van der Waals surface area contributed by atoms with Gasteiger partial charge in [0.25, 0.3) is 5.91 Å². The predicted molar refractivity (Wildman–Crippen MR) is 114 cm³/mol. The standard InChI is InChI=1S/C23H27FN2O2.ClH/c24-21-8-5-19-16-26(17-20(19)15-21)23(27)18-6-9-22(10-7-18)28-14-4-13-25-11-2-1-3-12-25;/h5-10,15H,1-4,11-14,16-17H2;1H. The van der Waals surface area contributed by atoms with E-state index in [0.717, 1.165) is 29.8 Å². The van der Waals surface area contributed by atoms with Crippen molar-refractivity contribution in [3.63, 3.8) is 0 Å². The Hall–Kier alpha value is -2.11. The van der Waals surface area contributed by atoms with Gasteiger partial charge in [0, 0.05) is 25.2 Å². The maximum atomic E-state index is 13.4. The number of hydrogen-bond donors (Lipinski definition) is 0. The van der Waals surface area contributed by atoms with Gasteiger partial charge >= 0.3 is 0 Å². The number of carbonyl (C=O) groups is 1. The Morgan fingerprint density at radius 2 is 1.69 bits per heavy atom. The number of fused-ring (bicyclic) bond motifs is 1. The van der Waals surface area contributed by atoms with Crippen LogP contribution in [-0.4, -0.2) is 41.9 Å². The Morgan fingerprint density at radius 3 is 2.45 bits per heavy atom. The van der Waals surface area contributed by atoms with Crippen LogP contribution >= 0.6 is 12.4 Å². The molecule has 1 amide bonds. The second kappa shape index (κ2) is 10.1. The molecule has 2 aromatic carbocycles. The molecular formula is C23H28ClFN2O2. The molecule has 0 aliphatic carbocycles. The van der Waals surface area contributed by atoms with Crippen LogP contribution in [0.4, 0.5) is 4.39 Å². The summed E-state index contributed by atoms with van der Waals surface area (Å²) in [6.07, 6.45) is 5.00. The molecule has 156 valence electrons. The van der Waals surface area contributed by atoms with Crippen LogP contribution in [0.5, 0.6) is 5.75 Å². The molecule has 0 unspecified atom stereocenters.